The van der Waals surface area contributed by atoms with Crippen LogP contribution in [-0.4, -0.2) is 34.6 Å². The Bertz CT molecular complexity index is 840. The maximum atomic E-state index is 13.2. The minimum absolute atomic E-state index is 0.0225. The Morgan fingerprint density at radius 2 is 1.61 bits per heavy atom. The topological polar surface area (TPSA) is 49.4 Å². The summed E-state index contributed by atoms with van der Waals surface area (Å²) in [5.74, 6) is 0.935. The van der Waals surface area contributed by atoms with E-state index in [9.17, 15) is 9.59 Å². The van der Waals surface area contributed by atoms with Gasteiger partial charge in [-0.05, 0) is 49.9 Å². The average molecular weight is 461 g/mol. The molecule has 4 nitrogen and oxygen atoms in total. The maximum Gasteiger partial charge on any atom is 0.243 e. The molecule has 0 heterocycles. The molecule has 2 atom stereocenters. The van der Waals surface area contributed by atoms with Crippen molar-refractivity contribution in [3.63, 3.8) is 0 Å². The van der Waals surface area contributed by atoms with E-state index in [4.69, 9.17) is 11.6 Å². The summed E-state index contributed by atoms with van der Waals surface area (Å²) in [7, 11) is 0. The van der Waals surface area contributed by atoms with Crippen LogP contribution in [0.1, 0.15) is 50.3 Å². The van der Waals surface area contributed by atoms with Gasteiger partial charge in [0.1, 0.15) is 6.04 Å². The number of nitrogens with zero attached hydrogens (tertiary/aromatic N) is 1. The van der Waals surface area contributed by atoms with Crippen LogP contribution in [0.2, 0.25) is 5.02 Å². The molecule has 0 fully saturated rings. The number of hydrogen-bond donors (Lipinski definition) is 1. The Hall–Kier alpha value is -1.98. The number of aryl methyl sites for hydroxylation is 1. The number of carbonyl (C=O) groups is 2. The molecule has 2 amide bonds. The highest BCUT2D eigenvalue weighted by molar-refractivity contribution is 7.99. The third kappa shape index (κ3) is 8.23. The van der Waals surface area contributed by atoms with Crippen molar-refractivity contribution in [2.75, 3.05) is 5.75 Å². The smallest absolute Gasteiger partial charge is 0.243 e. The van der Waals surface area contributed by atoms with Crippen molar-refractivity contribution in [3.8, 4) is 0 Å². The van der Waals surface area contributed by atoms with Crippen LogP contribution >= 0.6 is 23.4 Å². The molecule has 0 aliphatic heterocycles. The van der Waals surface area contributed by atoms with Gasteiger partial charge in [0, 0.05) is 23.4 Å². The van der Waals surface area contributed by atoms with Gasteiger partial charge in [-0.3, -0.25) is 9.59 Å². The van der Waals surface area contributed by atoms with Crippen LogP contribution in [0.4, 0.5) is 0 Å². The van der Waals surface area contributed by atoms with Gasteiger partial charge < -0.3 is 10.2 Å². The highest BCUT2D eigenvalue weighted by Gasteiger charge is 2.29. The first kappa shape index (κ1) is 25.3. The zero-order valence-corrected chi connectivity index (χ0v) is 20.4. The Morgan fingerprint density at radius 1 is 1.00 bits per heavy atom. The molecule has 0 aromatic heterocycles. The van der Waals surface area contributed by atoms with Crippen LogP contribution in [-0.2, 0) is 21.9 Å². The molecule has 0 aliphatic carbocycles. The lowest BCUT2D eigenvalue weighted by Crippen LogP contribution is -2.51. The molecule has 2 aromatic carbocycles. The first-order chi connectivity index (χ1) is 14.8. The Kier molecular flexibility index (Phi) is 10.4. The monoisotopic (exact) mass is 460 g/mol. The normalized spacial score (nSPS) is 12.8. The van der Waals surface area contributed by atoms with E-state index in [0.717, 1.165) is 23.3 Å². The molecular formula is C25H33ClN2O2S. The van der Waals surface area contributed by atoms with E-state index in [1.165, 1.54) is 5.56 Å². The average Bonchev–Trinajstić information content (AvgIpc) is 2.76. The zero-order valence-electron chi connectivity index (χ0n) is 18.9. The van der Waals surface area contributed by atoms with E-state index in [1.807, 2.05) is 76.2 Å². The van der Waals surface area contributed by atoms with E-state index in [1.54, 1.807) is 16.7 Å². The Morgan fingerprint density at radius 3 is 2.19 bits per heavy atom. The maximum absolute atomic E-state index is 13.2. The van der Waals surface area contributed by atoms with Gasteiger partial charge >= 0.3 is 0 Å². The number of benzene rings is 2. The summed E-state index contributed by atoms with van der Waals surface area (Å²) < 4.78 is 0. The third-order valence-corrected chi connectivity index (χ3v) is 6.51. The number of thioether (sulfide) groups is 1. The second-order valence-corrected chi connectivity index (χ2v) is 9.29. The van der Waals surface area contributed by atoms with Gasteiger partial charge in [-0.2, -0.15) is 0 Å². The fourth-order valence-corrected chi connectivity index (χ4v) is 4.17. The van der Waals surface area contributed by atoms with E-state index >= 15 is 0 Å². The molecule has 6 heteroatoms. The molecule has 2 unspecified atom stereocenters. The molecule has 0 aliphatic rings. The molecule has 2 rings (SSSR count). The van der Waals surface area contributed by atoms with Crippen LogP contribution in [0, 0.1) is 6.92 Å². The standard InChI is InChI=1S/C25H33ClN2O2S/c1-5-19(4)27-25(30)23(6-2)28(15-20-9-7-18(3)8-10-20)24(29)17-31-16-21-11-13-22(26)14-12-21/h7-14,19,23H,5-6,15-17H2,1-4H3,(H,27,30). The minimum atomic E-state index is -0.487. The first-order valence-electron chi connectivity index (χ1n) is 10.8. The second-order valence-electron chi connectivity index (χ2n) is 7.87. The lowest BCUT2D eigenvalue weighted by molar-refractivity contribution is -0.139. The van der Waals surface area contributed by atoms with E-state index in [2.05, 4.69) is 5.32 Å². The SMILES string of the molecule is CCC(C)NC(=O)C(CC)N(Cc1ccc(C)cc1)C(=O)CSCc1ccc(Cl)cc1. The summed E-state index contributed by atoms with van der Waals surface area (Å²) in [5.41, 5.74) is 3.31. The lowest BCUT2D eigenvalue weighted by atomic mass is 10.1. The molecule has 0 spiro atoms. The number of carbonyl (C=O) groups excluding carboxylic acids is 2. The van der Waals surface area contributed by atoms with Gasteiger partial charge in [0.2, 0.25) is 11.8 Å². The first-order valence-corrected chi connectivity index (χ1v) is 12.3. The molecule has 1 N–H and O–H groups in total. The van der Waals surface area contributed by atoms with Crippen LogP contribution in [0.3, 0.4) is 0 Å². The molecule has 168 valence electrons. The summed E-state index contributed by atoms with van der Waals surface area (Å²) in [6.45, 7) is 8.44. The van der Waals surface area contributed by atoms with Crippen molar-refractivity contribution in [1.29, 1.82) is 0 Å². The molecule has 0 bridgehead atoms. The van der Waals surface area contributed by atoms with Gasteiger partial charge in [0.05, 0.1) is 5.75 Å². The fourth-order valence-electron chi connectivity index (χ4n) is 3.17. The van der Waals surface area contributed by atoms with Crippen molar-refractivity contribution in [2.24, 2.45) is 0 Å². The van der Waals surface area contributed by atoms with Crippen molar-refractivity contribution in [2.45, 2.75) is 64.9 Å². The van der Waals surface area contributed by atoms with Crippen LogP contribution < -0.4 is 5.32 Å². The second kappa shape index (κ2) is 12.8. The van der Waals surface area contributed by atoms with E-state index in [0.29, 0.717) is 23.7 Å². The Balaban J connectivity index is 2.12. The van der Waals surface area contributed by atoms with Crippen molar-refractivity contribution in [1.82, 2.24) is 10.2 Å². The van der Waals surface area contributed by atoms with E-state index < -0.39 is 6.04 Å². The quantitative estimate of drug-likeness (QED) is 0.474. The van der Waals surface area contributed by atoms with Crippen LogP contribution in [0.25, 0.3) is 0 Å². The molecule has 2 aromatic rings. The van der Waals surface area contributed by atoms with Crippen molar-refractivity contribution < 1.29 is 9.59 Å². The summed E-state index contributed by atoms with van der Waals surface area (Å²) in [4.78, 5) is 27.9. The minimum Gasteiger partial charge on any atom is -0.352 e. The predicted molar refractivity (Wildman–Crippen MR) is 131 cm³/mol. The molecular weight excluding hydrogens is 428 g/mol. The summed E-state index contributed by atoms with van der Waals surface area (Å²) in [6, 6.07) is 15.4. The van der Waals surface area contributed by atoms with Gasteiger partial charge in [-0.25, -0.2) is 0 Å². The largest absolute Gasteiger partial charge is 0.352 e. The number of amides is 2. The number of hydrogen-bond acceptors (Lipinski definition) is 3. The molecule has 31 heavy (non-hydrogen) atoms. The number of halogens is 1. The fraction of sp³-hybridized carbons (Fsp3) is 0.440. The van der Waals surface area contributed by atoms with Crippen LogP contribution in [0.5, 0.6) is 0 Å². The highest BCUT2D eigenvalue weighted by Crippen LogP contribution is 2.19. The number of nitrogens with one attached hydrogen (secondary N) is 1. The van der Waals surface area contributed by atoms with E-state index in [-0.39, 0.29) is 17.9 Å². The molecule has 0 saturated carbocycles. The van der Waals surface area contributed by atoms with Crippen LogP contribution in [0.15, 0.2) is 48.5 Å². The predicted octanol–water partition coefficient (Wildman–Crippen LogP) is 5.60. The van der Waals surface area contributed by atoms with Gasteiger partial charge in [0.15, 0.2) is 0 Å². The Labute approximate surface area is 195 Å². The van der Waals surface area contributed by atoms with Gasteiger partial charge in [-0.1, -0.05) is 67.4 Å². The third-order valence-electron chi connectivity index (χ3n) is 5.27. The highest BCUT2D eigenvalue weighted by atomic mass is 35.5. The summed E-state index contributed by atoms with van der Waals surface area (Å²) in [6.07, 6.45) is 1.42. The number of rotatable bonds is 11. The zero-order chi connectivity index (χ0) is 22.8. The summed E-state index contributed by atoms with van der Waals surface area (Å²) in [5, 5.41) is 3.75. The van der Waals surface area contributed by atoms with Crippen molar-refractivity contribution >= 4 is 35.2 Å². The lowest BCUT2D eigenvalue weighted by Gasteiger charge is -2.31. The van der Waals surface area contributed by atoms with Gasteiger partial charge in [0.25, 0.3) is 0 Å². The van der Waals surface area contributed by atoms with Gasteiger partial charge in [-0.15, -0.1) is 11.8 Å². The summed E-state index contributed by atoms with van der Waals surface area (Å²) >= 11 is 7.50. The van der Waals surface area contributed by atoms with Crippen molar-refractivity contribution in [3.05, 3.63) is 70.2 Å². The molecule has 0 radical (unpaired) electrons. The molecule has 0 saturated heterocycles.